The van der Waals surface area contributed by atoms with Gasteiger partial charge in [-0.1, -0.05) is 13.8 Å². The molecular formula is C23H29F3N4O5. The lowest BCUT2D eigenvalue weighted by molar-refractivity contribution is -0.154. The first kappa shape index (κ1) is 27.8. The lowest BCUT2D eigenvalue weighted by Gasteiger charge is -2.17. The Labute approximate surface area is 201 Å². The van der Waals surface area contributed by atoms with Crippen LogP contribution in [0.3, 0.4) is 0 Å². The van der Waals surface area contributed by atoms with Gasteiger partial charge in [-0.15, -0.1) is 0 Å². The van der Waals surface area contributed by atoms with Crippen LogP contribution in [0, 0.1) is 5.92 Å². The van der Waals surface area contributed by atoms with Crippen molar-refractivity contribution in [2.75, 3.05) is 32.2 Å². The second-order valence-corrected chi connectivity index (χ2v) is 7.91. The molecule has 35 heavy (non-hydrogen) atoms. The molecule has 0 aliphatic carbocycles. The zero-order chi connectivity index (χ0) is 26.0. The van der Waals surface area contributed by atoms with Crippen molar-refractivity contribution in [2.45, 2.75) is 39.4 Å². The van der Waals surface area contributed by atoms with Gasteiger partial charge in [-0.05, 0) is 30.7 Å². The van der Waals surface area contributed by atoms with Gasteiger partial charge in [-0.3, -0.25) is 9.59 Å². The number of carbonyl (C=O) groups is 2. The molecule has 9 nitrogen and oxygen atoms in total. The first-order chi connectivity index (χ1) is 16.5. The molecule has 2 rings (SSSR count). The van der Waals surface area contributed by atoms with E-state index in [4.69, 9.17) is 9.47 Å². The highest BCUT2D eigenvalue weighted by Gasteiger charge is 2.29. The summed E-state index contributed by atoms with van der Waals surface area (Å²) in [6, 6.07) is 5.28. The maximum Gasteiger partial charge on any atom is 0.422 e. The lowest BCUT2D eigenvalue weighted by Crippen LogP contribution is -2.28. The van der Waals surface area contributed by atoms with E-state index >= 15 is 0 Å². The third-order valence-corrected chi connectivity index (χ3v) is 4.60. The number of nitrogens with one attached hydrogen (secondary N) is 2. The number of anilines is 1. The first-order valence-corrected chi connectivity index (χ1v) is 10.9. The number of nitrogens with zero attached hydrogens (tertiary/aromatic N) is 2. The number of aromatic nitrogens is 2. The van der Waals surface area contributed by atoms with E-state index in [0.717, 1.165) is 0 Å². The van der Waals surface area contributed by atoms with Crippen molar-refractivity contribution in [3.8, 4) is 11.8 Å². The highest BCUT2D eigenvalue weighted by molar-refractivity contribution is 5.96. The number of alkyl halides is 3. The van der Waals surface area contributed by atoms with Gasteiger partial charge < -0.3 is 24.8 Å². The summed E-state index contributed by atoms with van der Waals surface area (Å²) in [6.45, 7) is 4.23. The molecule has 0 saturated carbocycles. The van der Waals surface area contributed by atoms with Gasteiger partial charge in [-0.25, -0.2) is 4.98 Å². The molecule has 192 valence electrons. The van der Waals surface area contributed by atoms with Crippen molar-refractivity contribution in [3.63, 3.8) is 0 Å². The zero-order valence-electron chi connectivity index (χ0n) is 19.9. The van der Waals surface area contributed by atoms with Crippen LogP contribution in [0.2, 0.25) is 0 Å². The number of carbonyl (C=O) groups excluding carboxylic acids is 2. The summed E-state index contributed by atoms with van der Waals surface area (Å²) >= 11 is 0. The number of ether oxygens (including phenoxy) is 3. The van der Waals surface area contributed by atoms with E-state index in [1.165, 1.54) is 25.4 Å². The summed E-state index contributed by atoms with van der Waals surface area (Å²) in [6.07, 6.45) is -2.55. The standard InChI is InChI=1S/C23H29F3N4O5/c1-14(2)20(31)29-18-12-16(8-9-27-18)15(3)28-21(32)17-6-7-19(35-13-23(24,25)26)30-22(17)34-11-5-10-33-4/h6-9,12,14-15H,5,10-11,13H2,1-4H3,(H,28,32)(H,27,29,31). The molecule has 0 saturated heterocycles. The third-order valence-electron chi connectivity index (χ3n) is 4.60. The molecule has 2 aromatic heterocycles. The van der Waals surface area contributed by atoms with Crippen LogP contribution in [0.5, 0.6) is 11.8 Å². The fraction of sp³-hybridized carbons (Fsp3) is 0.478. The highest BCUT2D eigenvalue weighted by atomic mass is 19.4. The van der Waals surface area contributed by atoms with Crippen molar-refractivity contribution >= 4 is 17.6 Å². The monoisotopic (exact) mass is 498 g/mol. The van der Waals surface area contributed by atoms with Crippen molar-refractivity contribution in [1.82, 2.24) is 15.3 Å². The average Bonchev–Trinajstić information content (AvgIpc) is 2.80. The Balaban J connectivity index is 2.17. The fourth-order valence-corrected chi connectivity index (χ4v) is 2.73. The minimum Gasteiger partial charge on any atom is -0.477 e. The van der Waals surface area contributed by atoms with E-state index < -0.39 is 24.7 Å². The van der Waals surface area contributed by atoms with E-state index in [-0.39, 0.29) is 35.8 Å². The van der Waals surface area contributed by atoms with Gasteiger partial charge in [0.2, 0.25) is 17.7 Å². The Hall–Kier alpha value is -3.41. The van der Waals surface area contributed by atoms with E-state index in [9.17, 15) is 22.8 Å². The van der Waals surface area contributed by atoms with Crippen molar-refractivity contribution in [1.29, 1.82) is 0 Å². The summed E-state index contributed by atoms with van der Waals surface area (Å²) in [4.78, 5) is 32.9. The van der Waals surface area contributed by atoms with Crippen LogP contribution in [0.25, 0.3) is 0 Å². The molecule has 1 atom stereocenters. The molecule has 1 unspecified atom stereocenters. The van der Waals surface area contributed by atoms with Crippen LogP contribution in [0.1, 0.15) is 49.2 Å². The van der Waals surface area contributed by atoms with E-state index in [1.54, 1.807) is 32.9 Å². The molecule has 2 aromatic rings. The summed E-state index contributed by atoms with van der Waals surface area (Å²) in [7, 11) is 1.52. The molecule has 0 aliphatic rings. The highest BCUT2D eigenvalue weighted by Crippen LogP contribution is 2.24. The van der Waals surface area contributed by atoms with E-state index in [2.05, 4.69) is 25.3 Å². The summed E-state index contributed by atoms with van der Waals surface area (Å²) in [5.74, 6) is -1.12. The maximum absolute atomic E-state index is 13.0. The molecule has 0 aromatic carbocycles. The first-order valence-electron chi connectivity index (χ1n) is 10.9. The smallest absolute Gasteiger partial charge is 0.422 e. The molecule has 0 aliphatic heterocycles. The lowest BCUT2D eigenvalue weighted by atomic mass is 10.1. The zero-order valence-corrected chi connectivity index (χ0v) is 19.9. The van der Waals surface area contributed by atoms with Crippen LogP contribution < -0.4 is 20.1 Å². The Morgan fingerprint density at radius 3 is 2.49 bits per heavy atom. The maximum atomic E-state index is 13.0. The Morgan fingerprint density at radius 2 is 1.83 bits per heavy atom. The van der Waals surface area contributed by atoms with Crippen LogP contribution in [-0.4, -0.2) is 54.9 Å². The molecule has 12 heteroatoms. The number of rotatable bonds is 12. The quantitative estimate of drug-likeness (QED) is 0.427. The number of methoxy groups -OCH3 is 1. The Bertz CT molecular complexity index is 1000. The van der Waals surface area contributed by atoms with Gasteiger partial charge in [0.25, 0.3) is 5.91 Å². The van der Waals surface area contributed by atoms with Crippen molar-refractivity contribution < 1.29 is 37.0 Å². The largest absolute Gasteiger partial charge is 0.477 e. The van der Waals surface area contributed by atoms with Crippen molar-refractivity contribution in [2.24, 2.45) is 5.92 Å². The Morgan fingerprint density at radius 1 is 1.09 bits per heavy atom. The number of halogens is 3. The fourth-order valence-electron chi connectivity index (χ4n) is 2.73. The Kier molecular flexibility index (Phi) is 10.2. The molecular weight excluding hydrogens is 469 g/mol. The molecule has 0 fully saturated rings. The summed E-state index contributed by atoms with van der Waals surface area (Å²) in [5, 5.41) is 5.48. The van der Waals surface area contributed by atoms with Crippen LogP contribution in [-0.2, 0) is 9.53 Å². The van der Waals surface area contributed by atoms with Gasteiger partial charge in [0.05, 0.1) is 12.6 Å². The van der Waals surface area contributed by atoms with Crippen LogP contribution >= 0.6 is 0 Å². The predicted octanol–water partition coefficient (Wildman–Crippen LogP) is 3.92. The van der Waals surface area contributed by atoms with Crippen LogP contribution in [0.15, 0.2) is 30.5 Å². The summed E-state index contributed by atoms with van der Waals surface area (Å²) < 4.78 is 52.6. The van der Waals surface area contributed by atoms with E-state index in [1.807, 2.05) is 0 Å². The second kappa shape index (κ2) is 12.9. The van der Waals surface area contributed by atoms with Gasteiger partial charge in [-0.2, -0.15) is 18.2 Å². The number of hydrogen-bond donors (Lipinski definition) is 2. The molecule has 2 N–H and O–H groups in total. The average molecular weight is 499 g/mol. The predicted molar refractivity (Wildman–Crippen MR) is 121 cm³/mol. The van der Waals surface area contributed by atoms with E-state index in [0.29, 0.717) is 24.4 Å². The topological polar surface area (TPSA) is 112 Å². The molecule has 0 radical (unpaired) electrons. The molecule has 2 heterocycles. The number of pyridine rings is 2. The van der Waals surface area contributed by atoms with Gasteiger partial charge in [0, 0.05) is 38.3 Å². The molecule has 0 bridgehead atoms. The number of hydrogen-bond acceptors (Lipinski definition) is 7. The van der Waals surface area contributed by atoms with Crippen molar-refractivity contribution in [3.05, 3.63) is 41.6 Å². The third kappa shape index (κ3) is 9.39. The second-order valence-electron chi connectivity index (χ2n) is 7.91. The SMILES string of the molecule is COCCCOc1nc(OCC(F)(F)F)ccc1C(=O)NC(C)c1ccnc(NC(=O)C(C)C)c1. The summed E-state index contributed by atoms with van der Waals surface area (Å²) in [5.41, 5.74) is 0.698. The molecule has 2 amide bonds. The van der Waals surface area contributed by atoms with Gasteiger partial charge >= 0.3 is 6.18 Å². The van der Waals surface area contributed by atoms with Crippen LogP contribution in [0.4, 0.5) is 19.0 Å². The number of amides is 2. The minimum atomic E-state index is -4.54. The van der Waals surface area contributed by atoms with Gasteiger partial charge in [0.15, 0.2) is 6.61 Å². The molecule has 0 spiro atoms. The minimum absolute atomic E-state index is 0.0241. The normalized spacial score (nSPS) is 12.2. The van der Waals surface area contributed by atoms with Gasteiger partial charge in [0.1, 0.15) is 11.4 Å².